The zero-order chi connectivity index (χ0) is 11.1. The highest BCUT2D eigenvalue weighted by Gasteiger charge is 2.19. The minimum atomic E-state index is -0.377. The number of hydrogen-bond acceptors (Lipinski definition) is 3. The topological polar surface area (TPSA) is 29.5 Å². The molecule has 3 nitrogen and oxygen atoms in total. The van der Waals surface area contributed by atoms with Crippen LogP contribution in [0.2, 0.25) is 0 Å². The van der Waals surface area contributed by atoms with Crippen LogP contribution in [0, 0.1) is 12.8 Å². The number of hydrogen-bond donors (Lipinski definition) is 0. The van der Waals surface area contributed by atoms with Gasteiger partial charge in [-0.05, 0) is 19.8 Å². The highest BCUT2D eigenvalue weighted by molar-refractivity contribution is 5.86. The summed E-state index contributed by atoms with van der Waals surface area (Å²) >= 11 is 0. The summed E-state index contributed by atoms with van der Waals surface area (Å²) in [4.78, 5) is 16.0. The monoisotopic (exact) mass is 193 g/mol. The lowest BCUT2D eigenvalue weighted by Gasteiger charge is -2.17. The van der Waals surface area contributed by atoms with Gasteiger partial charge in [0.05, 0.1) is 6.54 Å². The first kappa shape index (κ1) is 12.3. The Bertz CT molecular complexity index is 266. The van der Waals surface area contributed by atoms with Crippen LogP contribution in [0.3, 0.4) is 0 Å². The van der Waals surface area contributed by atoms with Crippen molar-refractivity contribution in [2.75, 3.05) is 6.54 Å². The van der Waals surface area contributed by atoms with E-state index >= 15 is 0 Å². The summed E-state index contributed by atoms with van der Waals surface area (Å²) in [7, 11) is 0. The van der Waals surface area contributed by atoms with Crippen LogP contribution in [-0.2, 0) is 9.63 Å². The molecule has 1 rings (SSSR count). The standard InChI is InChI=1S/C9H13NO2.C2H2/c1-7(2)9(11)12-10-6-4-5-8(10)3;1-2/h1,3-6H2,2H3;1-2H. The number of hydroxylamine groups is 2. The van der Waals surface area contributed by atoms with E-state index < -0.39 is 0 Å². The normalized spacial score (nSPS) is 14.2. The van der Waals surface area contributed by atoms with Gasteiger partial charge in [0, 0.05) is 11.3 Å². The molecule has 0 aromatic rings. The van der Waals surface area contributed by atoms with Crippen molar-refractivity contribution in [3.63, 3.8) is 0 Å². The highest BCUT2D eigenvalue weighted by Crippen LogP contribution is 2.19. The molecule has 0 radical (unpaired) electrons. The molecule has 0 bridgehead atoms. The van der Waals surface area contributed by atoms with E-state index in [9.17, 15) is 4.79 Å². The zero-order valence-electron chi connectivity index (χ0n) is 8.45. The van der Waals surface area contributed by atoms with Gasteiger partial charge < -0.3 is 4.84 Å². The molecule has 1 aliphatic heterocycles. The lowest BCUT2D eigenvalue weighted by molar-refractivity contribution is -0.172. The Morgan fingerprint density at radius 2 is 2.14 bits per heavy atom. The van der Waals surface area contributed by atoms with Crippen molar-refractivity contribution in [3.8, 4) is 12.8 Å². The first-order valence-electron chi connectivity index (χ1n) is 4.27. The van der Waals surface area contributed by atoms with E-state index in [1.54, 1.807) is 6.92 Å². The second kappa shape index (κ2) is 5.87. The molecule has 0 amide bonds. The van der Waals surface area contributed by atoms with Crippen molar-refractivity contribution < 1.29 is 9.63 Å². The Kier molecular flexibility index (Phi) is 5.16. The van der Waals surface area contributed by atoms with E-state index in [2.05, 4.69) is 26.0 Å². The summed E-state index contributed by atoms with van der Waals surface area (Å²) in [6.45, 7) is 9.63. The van der Waals surface area contributed by atoms with Gasteiger partial charge in [-0.2, -0.15) is 0 Å². The number of nitrogens with zero attached hydrogens (tertiary/aromatic N) is 1. The maximum atomic E-state index is 11.0. The van der Waals surface area contributed by atoms with Crippen molar-refractivity contribution >= 4 is 5.97 Å². The van der Waals surface area contributed by atoms with E-state index in [0.717, 1.165) is 25.1 Å². The van der Waals surface area contributed by atoms with Crippen LogP contribution < -0.4 is 0 Å². The second-order valence-electron chi connectivity index (χ2n) is 2.93. The molecule has 0 atom stereocenters. The molecular weight excluding hydrogens is 178 g/mol. The van der Waals surface area contributed by atoms with Crippen LogP contribution in [0.4, 0.5) is 0 Å². The van der Waals surface area contributed by atoms with Gasteiger partial charge in [-0.15, -0.1) is 12.8 Å². The summed E-state index contributed by atoms with van der Waals surface area (Å²) in [6.07, 6.45) is 9.91. The average Bonchev–Trinajstić information content (AvgIpc) is 2.55. The molecular formula is C11H15NO2. The first-order chi connectivity index (χ1) is 6.61. The summed E-state index contributed by atoms with van der Waals surface area (Å²) in [6, 6.07) is 0. The molecule has 1 saturated heterocycles. The third-order valence-electron chi connectivity index (χ3n) is 1.72. The molecule has 3 heteroatoms. The summed E-state index contributed by atoms with van der Waals surface area (Å²) in [5, 5.41) is 1.54. The fourth-order valence-electron chi connectivity index (χ4n) is 0.998. The van der Waals surface area contributed by atoms with Gasteiger partial charge in [0.2, 0.25) is 0 Å². The third-order valence-corrected chi connectivity index (χ3v) is 1.72. The molecule has 0 aliphatic carbocycles. The Hall–Kier alpha value is -1.69. The van der Waals surface area contributed by atoms with Crippen LogP contribution in [0.25, 0.3) is 0 Å². The van der Waals surface area contributed by atoms with Crippen LogP contribution in [0.15, 0.2) is 24.4 Å². The van der Waals surface area contributed by atoms with Gasteiger partial charge in [0.15, 0.2) is 0 Å². The smallest absolute Gasteiger partial charge is 0.336 e. The van der Waals surface area contributed by atoms with Gasteiger partial charge in [0.25, 0.3) is 0 Å². The zero-order valence-corrected chi connectivity index (χ0v) is 8.45. The van der Waals surface area contributed by atoms with Crippen molar-refractivity contribution in [2.45, 2.75) is 19.8 Å². The predicted molar refractivity (Wildman–Crippen MR) is 55.9 cm³/mol. The lowest BCUT2D eigenvalue weighted by Crippen LogP contribution is -2.22. The van der Waals surface area contributed by atoms with Crippen LogP contribution in [0.1, 0.15) is 19.8 Å². The fraction of sp³-hybridized carbons (Fsp3) is 0.364. The van der Waals surface area contributed by atoms with Gasteiger partial charge in [-0.1, -0.05) is 13.2 Å². The minimum Gasteiger partial charge on any atom is -0.336 e. The van der Waals surface area contributed by atoms with Gasteiger partial charge in [-0.25, -0.2) is 9.86 Å². The van der Waals surface area contributed by atoms with Crippen LogP contribution >= 0.6 is 0 Å². The molecule has 0 N–H and O–H groups in total. The number of carbonyl (C=O) groups excluding carboxylic acids is 1. The highest BCUT2D eigenvalue weighted by atomic mass is 16.7. The molecule has 76 valence electrons. The van der Waals surface area contributed by atoms with Gasteiger partial charge in [0.1, 0.15) is 0 Å². The molecule has 1 heterocycles. The van der Waals surface area contributed by atoms with Crippen molar-refractivity contribution in [3.05, 3.63) is 24.4 Å². The predicted octanol–water partition coefficient (Wildman–Crippen LogP) is 1.88. The Morgan fingerprint density at radius 1 is 1.57 bits per heavy atom. The number of carbonyl (C=O) groups is 1. The molecule has 0 aromatic carbocycles. The molecule has 14 heavy (non-hydrogen) atoms. The SMILES string of the molecule is C#C.C=C(C)C(=O)ON1CCCC1=C. The van der Waals surface area contributed by atoms with Crippen molar-refractivity contribution in [1.82, 2.24) is 5.06 Å². The van der Waals surface area contributed by atoms with E-state index in [1.165, 1.54) is 5.06 Å². The van der Waals surface area contributed by atoms with Crippen molar-refractivity contribution in [2.24, 2.45) is 0 Å². The average molecular weight is 193 g/mol. The molecule has 1 fully saturated rings. The minimum absolute atomic E-state index is 0.377. The fourth-order valence-corrected chi connectivity index (χ4v) is 0.998. The molecule has 0 unspecified atom stereocenters. The number of rotatable bonds is 2. The Balaban J connectivity index is 0.000000791. The maximum Gasteiger partial charge on any atom is 0.358 e. The summed E-state index contributed by atoms with van der Waals surface area (Å²) in [5.41, 5.74) is 1.28. The maximum absolute atomic E-state index is 11.0. The largest absolute Gasteiger partial charge is 0.358 e. The molecule has 0 aromatic heterocycles. The van der Waals surface area contributed by atoms with Crippen LogP contribution in [-0.4, -0.2) is 17.6 Å². The third kappa shape index (κ3) is 3.36. The number of terminal acetylenes is 1. The summed E-state index contributed by atoms with van der Waals surface area (Å²) < 4.78 is 0. The number of allylic oxidation sites excluding steroid dienone is 1. The van der Waals surface area contributed by atoms with E-state index in [4.69, 9.17) is 4.84 Å². The van der Waals surface area contributed by atoms with E-state index in [0.29, 0.717) is 5.57 Å². The summed E-state index contributed by atoms with van der Waals surface area (Å²) in [5.74, 6) is -0.377. The van der Waals surface area contributed by atoms with E-state index in [-0.39, 0.29) is 5.97 Å². The quantitative estimate of drug-likeness (QED) is 0.495. The van der Waals surface area contributed by atoms with Crippen molar-refractivity contribution in [1.29, 1.82) is 0 Å². The molecule has 1 aliphatic rings. The van der Waals surface area contributed by atoms with Gasteiger partial charge in [-0.3, -0.25) is 0 Å². The second-order valence-corrected chi connectivity index (χ2v) is 2.93. The molecule has 0 saturated carbocycles. The van der Waals surface area contributed by atoms with Crippen LogP contribution in [0.5, 0.6) is 0 Å². The van der Waals surface area contributed by atoms with E-state index in [1.807, 2.05) is 0 Å². The Labute approximate surface area is 85.0 Å². The van der Waals surface area contributed by atoms with Gasteiger partial charge >= 0.3 is 5.97 Å². The molecule has 0 spiro atoms. The first-order valence-corrected chi connectivity index (χ1v) is 4.27. The lowest BCUT2D eigenvalue weighted by atomic mass is 10.3. The Morgan fingerprint density at radius 3 is 2.50 bits per heavy atom.